The summed E-state index contributed by atoms with van der Waals surface area (Å²) in [4.78, 5) is 25.8. The van der Waals surface area contributed by atoms with E-state index in [1.54, 1.807) is 29.6 Å². The van der Waals surface area contributed by atoms with E-state index < -0.39 is 5.92 Å². The van der Waals surface area contributed by atoms with Crippen LogP contribution in [0.4, 0.5) is 20.3 Å². The van der Waals surface area contributed by atoms with Crippen molar-refractivity contribution in [2.45, 2.75) is 37.8 Å². The van der Waals surface area contributed by atoms with Gasteiger partial charge in [-0.05, 0) is 54.3 Å². The number of aliphatic hydroxyl groups is 1. The number of pyridine rings is 2. The number of nitrogens with one attached hydrogen (secondary N) is 2. The van der Waals surface area contributed by atoms with Gasteiger partial charge in [0, 0.05) is 55.9 Å². The minimum atomic E-state index is -2.63. The fraction of sp³-hybridized carbons (Fsp3) is 0.357. The van der Waals surface area contributed by atoms with Crippen LogP contribution in [-0.2, 0) is 6.54 Å². The van der Waals surface area contributed by atoms with Crippen LogP contribution in [0, 0.1) is 0 Å². The van der Waals surface area contributed by atoms with E-state index in [9.17, 15) is 18.7 Å². The van der Waals surface area contributed by atoms with Crippen molar-refractivity contribution in [3.63, 3.8) is 0 Å². The van der Waals surface area contributed by atoms with Gasteiger partial charge in [-0.15, -0.1) is 0 Å². The summed E-state index contributed by atoms with van der Waals surface area (Å²) in [5.41, 5.74) is 4.05. The number of fused-ring (bicyclic) bond motifs is 1. The number of alkyl halides is 2. The first-order chi connectivity index (χ1) is 18.8. The Balaban J connectivity index is 1.17. The highest BCUT2D eigenvalue weighted by Crippen LogP contribution is 2.30. The summed E-state index contributed by atoms with van der Waals surface area (Å²) < 4.78 is 27.2. The molecule has 0 spiro atoms. The van der Waals surface area contributed by atoms with E-state index in [0.29, 0.717) is 42.5 Å². The Bertz CT molecular complexity index is 1480. The number of likely N-dealkylation sites (tertiary alicyclic amines) is 1. The summed E-state index contributed by atoms with van der Waals surface area (Å²) in [7, 11) is 0. The number of piperidine rings is 1. The van der Waals surface area contributed by atoms with Crippen LogP contribution >= 0.6 is 0 Å². The first-order valence-electron chi connectivity index (χ1n) is 13.1. The molecule has 6 rings (SSSR count). The van der Waals surface area contributed by atoms with Gasteiger partial charge in [-0.3, -0.25) is 19.8 Å². The van der Waals surface area contributed by atoms with Crippen LogP contribution in [0.25, 0.3) is 22.0 Å². The Morgan fingerprint density at radius 3 is 2.67 bits per heavy atom. The zero-order chi connectivity index (χ0) is 27.0. The average molecular weight is 534 g/mol. The van der Waals surface area contributed by atoms with Gasteiger partial charge >= 0.3 is 0 Å². The van der Waals surface area contributed by atoms with Crippen LogP contribution in [0.15, 0.2) is 55.0 Å². The molecule has 3 aromatic heterocycles. The Hall–Kier alpha value is -3.96. The predicted molar refractivity (Wildman–Crippen MR) is 144 cm³/mol. The molecule has 4 aromatic rings. The molecule has 0 unspecified atom stereocenters. The molecule has 11 heteroatoms. The van der Waals surface area contributed by atoms with Gasteiger partial charge in [0.15, 0.2) is 5.69 Å². The normalized spacial score (nSPS) is 18.1. The van der Waals surface area contributed by atoms with Gasteiger partial charge < -0.3 is 15.3 Å². The maximum atomic E-state index is 13.6. The molecule has 202 valence electrons. The number of carbonyl (C=O) groups is 1. The number of hydrogen-bond acceptors (Lipinski definition) is 7. The number of aliphatic hydroxyl groups excluding tert-OH is 1. The molecule has 1 amide bonds. The minimum absolute atomic E-state index is 0.119. The molecule has 5 heterocycles. The lowest BCUT2D eigenvalue weighted by Crippen LogP contribution is -2.36. The molecule has 0 atom stereocenters. The zero-order valence-electron chi connectivity index (χ0n) is 21.3. The van der Waals surface area contributed by atoms with Crippen LogP contribution in [0.2, 0.25) is 0 Å². The lowest BCUT2D eigenvalue weighted by atomic mass is 10.0. The van der Waals surface area contributed by atoms with Crippen LogP contribution in [-0.4, -0.2) is 74.3 Å². The van der Waals surface area contributed by atoms with Crippen LogP contribution < -0.4 is 10.2 Å². The Labute approximate surface area is 223 Å². The topological polar surface area (TPSA) is 110 Å². The summed E-state index contributed by atoms with van der Waals surface area (Å²) in [6.07, 6.45) is 6.09. The number of benzene rings is 1. The number of aromatic amines is 1. The van der Waals surface area contributed by atoms with Crippen molar-refractivity contribution < 1.29 is 18.7 Å². The van der Waals surface area contributed by atoms with Gasteiger partial charge in [0.1, 0.15) is 5.82 Å². The van der Waals surface area contributed by atoms with E-state index in [-0.39, 0.29) is 30.7 Å². The molecule has 3 N–H and O–H groups in total. The molecule has 2 aliphatic heterocycles. The lowest BCUT2D eigenvalue weighted by Gasteiger charge is -2.30. The summed E-state index contributed by atoms with van der Waals surface area (Å²) in [6.45, 7) is 2.02. The number of rotatable bonds is 6. The van der Waals surface area contributed by atoms with Gasteiger partial charge in [-0.25, -0.2) is 13.8 Å². The maximum absolute atomic E-state index is 13.6. The highest BCUT2D eigenvalue weighted by Gasteiger charge is 2.37. The van der Waals surface area contributed by atoms with E-state index >= 15 is 0 Å². The van der Waals surface area contributed by atoms with Crippen LogP contribution in [0.5, 0.6) is 0 Å². The largest absolute Gasteiger partial charge is 0.393 e. The quantitative estimate of drug-likeness (QED) is 0.343. The summed E-state index contributed by atoms with van der Waals surface area (Å²) >= 11 is 0. The zero-order valence-corrected chi connectivity index (χ0v) is 21.3. The summed E-state index contributed by atoms with van der Waals surface area (Å²) in [6, 6.07) is 11.3. The van der Waals surface area contributed by atoms with Crippen molar-refractivity contribution in [2.75, 3.05) is 36.4 Å². The second-order valence-electron chi connectivity index (χ2n) is 10.3. The van der Waals surface area contributed by atoms with E-state index in [1.807, 2.05) is 30.3 Å². The molecule has 2 aliphatic rings. The molecule has 0 aliphatic carbocycles. The number of aromatic nitrogens is 4. The van der Waals surface area contributed by atoms with Crippen LogP contribution in [0.1, 0.15) is 35.3 Å². The van der Waals surface area contributed by atoms with Gasteiger partial charge in [0.2, 0.25) is 0 Å². The molecular formula is C28H29F2N7O2. The molecule has 0 radical (unpaired) electrons. The standard InChI is InChI=1S/C28H29F2N7O2/c29-28(30)7-10-36(17-28)16-18-11-20(14-31-13-18)19-1-3-24-23(12-19)26(35-34-24)27(39)33-21-2-4-25(32-15-21)37-8-5-22(38)6-9-37/h1-4,11-15,22,38H,5-10,16-17H2,(H,33,39)(H,34,35). The van der Waals surface area contributed by atoms with Crippen molar-refractivity contribution in [1.29, 1.82) is 0 Å². The number of amides is 1. The Morgan fingerprint density at radius 2 is 1.92 bits per heavy atom. The number of carbonyl (C=O) groups excluding carboxylic acids is 1. The SMILES string of the molecule is O=C(Nc1ccc(N2CCC(O)CC2)nc1)c1n[nH]c2ccc(-c3cncc(CN4CCC(F)(F)C4)c3)cc12. The van der Waals surface area contributed by atoms with Crippen LogP contribution in [0.3, 0.4) is 0 Å². The second kappa shape index (κ2) is 10.3. The first-order valence-corrected chi connectivity index (χ1v) is 13.1. The van der Waals surface area contributed by atoms with E-state index in [0.717, 1.165) is 35.6 Å². The fourth-order valence-corrected chi connectivity index (χ4v) is 5.23. The van der Waals surface area contributed by atoms with Crippen molar-refractivity contribution in [1.82, 2.24) is 25.1 Å². The van der Waals surface area contributed by atoms with Gasteiger partial charge in [-0.1, -0.05) is 6.07 Å². The molecular weight excluding hydrogens is 504 g/mol. The third-order valence-electron chi connectivity index (χ3n) is 7.36. The average Bonchev–Trinajstić information content (AvgIpc) is 3.51. The Morgan fingerprint density at radius 1 is 1.08 bits per heavy atom. The molecule has 1 aromatic carbocycles. The summed E-state index contributed by atoms with van der Waals surface area (Å²) in [5, 5.41) is 20.4. The van der Waals surface area contributed by atoms with Crippen molar-refractivity contribution >= 4 is 28.3 Å². The predicted octanol–water partition coefficient (Wildman–Crippen LogP) is 4.07. The molecule has 2 fully saturated rings. The highest BCUT2D eigenvalue weighted by atomic mass is 19.3. The first kappa shape index (κ1) is 25.3. The third kappa shape index (κ3) is 5.59. The van der Waals surface area contributed by atoms with Crippen molar-refractivity contribution in [3.05, 3.63) is 66.2 Å². The molecule has 0 bridgehead atoms. The van der Waals surface area contributed by atoms with E-state index in [4.69, 9.17) is 0 Å². The number of hydrogen-bond donors (Lipinski definition) is 3. The lowest BCUT2D eigenvalue weighted by molar-refractivity contribution is 0.0115. The minimum Gasteiger partial charge on any atom is -0.393 e. The van der Waals surface area contributed by atoms with Crippen molar-refractivity contribution in [2.24, 2.45) is 0 Å². The maximum Gasteiger partial charge on any atom is 0.276 e. The number of H-pyrrole nitrogens is 1. The second-order valence-corrected chi connectivity index (χ2v) is 10.3. The van der Waals surface area contributed by atoms with Gasteiger partial charge in [0.25, 0.3) is 11.8 Å². The smallest absolute Gasteiger partial charge is 0.276 e. The summed E-state index contributed by atoms with van der Waals surface area (Å²) in [5.74, 6) is -2.19. The van der Waals surface area contributed by atoms with Crippen molar-refractivity contribution in [3.8, 4) is 11.1 Å². The third-order valence-corrected chi connectivity index (χ3v) is 7.36. The molecule has 2 saturated heterocycles. The van der Waals surface area contributed by atoms with E-state index in [2.05, 4.69) is 30.4 Å². The monoisotopic (exact) mass is 533 g/mol. The number of nitrogens with zero attached hydrogens (tertiary/aromatic N) is 5. The van der Waals surface area contributed by atoms with Gasteiger partial charge in [-0.2, -0.15) is 5.10 Å². The molecule has 0 saturated carbocycles. The highest BCUT2D eigenvalue weighted by molar-refractivity contribution is 6.11. The fourth-order valence-electron chi connectivity index (χ4n) is 5.23. The molecule has 9 nitrogen and oxygen atoms in total. The number of anilines is 2. The Kier molecular flexibility index (Phi) is 6.69. The molecule has 39 heavy (non-hydrogen) atoms. The van der Waals surface area contributed by atoms with E-state index in [1.165, 1.54) is 0 Å². The van der Waals surface area contributed by atoms with Gasteiger partial charge in [0.05, 0.1) is 30.0 Å². The number of halogens is 2.